The molecule has 6 nitrogen and oxygen atoms in total. The molecule has 0 amide bonds. The number of nitrogens with two attached hydrogens (primary N) is 1. The SMILES string of the molecule is CCNCC.NNN=O.O.[Na]. The van der Waals surface area contributed by atoms with Gasteiger partial charge in [-0.15, -0.1) is 4.91 Å². The maximum atomic E-state index is 8.69. The van der Waals surface area contributed by atoms with Gasteiger partial charge >= 0.3 is 0 Å². The van der Waals surface area contributed by atoms with Gasteiger partial charge in [-0.1, -0.05) is 13.8 Å². The van der Waals surface area contributed by atoms with Crippen molar-refractivity contribution in [1.29, 1.82) is 0 Å². The van der Waals surface area contributed by atoms with Crippen LogP contribution in [0, 0.1) is 4.91 Å². The van der Waals surface area contributed by atoms with Crippen molar-refractivity contribution < 1.29 is 5.48 Å². The van der Waals surface area contributed by atoms with Gasteiger partial charge in [0.25, 0.3) is 0 Å². The van der Waals surface area contributed by atoms with Crippen LogP contribution in [0.25, 0.3) is 0 Å². The topological polar surface area (TPSA) is 111 Å². The standard InChI is InChI=1S/C4H11N.H3N3O.Na.H2O/c1-3-5-4-2;1-2-3-4;;/h5H,3-4H2,1-2H3;(H2,1,3)(H,2,4);;1H2. The zero-order valence-corrected chi connectivity index (χ0v) is 9.35. The molecule has 0 rings (SSSR count). The fraction of sp³-hybridized carbons (Fsp3) is 1.00. The summed E-state index contributed by atoms with van der Waals surface area (Å²) in [6.07, 6.45) is 0. The largest absolute Gasteiger partial charge is 0.412 e. The molecule has 0 bridgehead atoms. The average molecular weight is 175 g/mol. The van der Waals surface area contributed by atoms with E-state index in [0.717, 1.165) is 13.1 Å². The van der Waals surface area contributed by atoms with Gasteiger partial charge in [-0.05, 0) is 13.1 Å². The Kier molecular flexibility index (Phi) is 64.9. The predicted molar refractivity (Wildman–Crippen MR) is 46.7 cm³/mol. The fourth-order valence-corrected chi connectivity index (χ4v) is 0.250. The zero-order valence-electron chi connectivity index (χ0n) is 7.35. The molecule has 0 aliphatic heterocycles. The van der Waals surface area contributed by atoms with Crippen molar-refractivity contribution in [2.24, 2.45) is 11.1 Å². The Bertz CT molecular complexity index is 55.4. The Morgan fingerprint density at radius 2 is 1.64 bits per heavy atom. The van der Waals surface area contributed by atoms with Crippen LogP contribution in [0.1, 0.15) is 13.8 Å². The first-order valence-electron chi connectivity index (χ1n) is 2.82. The van der Waals surface area contributed by atoms with Crippen molar-refractivity contribution in [3.8, 4) is 0 Å². The molecule has 0 saturated heterocycles. The molecule has 0 aromatic carbocycles. The molecule has 7 heteroatoms. The first-order valence-corrected chi connectivity index (χ1v) is 2.82. The Morgan fingerprint density at radius 1 is 1.36 bits per heavy atom. The van der Waals surface area contributed by atoms with Crippen molar-refractivity contribution in [2.45, 2.75) is 13.8 Å². The molecule has 0 aromatic heterocycles. The van der Waals surface area contributed by atoms with Crippen LogP contribution < -0.4 is 16.7 Å². The van der Waals surface area contributed by atoms with Crippen molar-refractivity contribution >= 4 is 29.6 Å². The number of nitroso groups, excluding NO2 is 1. The number of rotatable bonds is 3. The number of nitrogens with one attached hydrogen (secondary N) is 2. The molecule has 11 heavy (non-hydrogen) atoms. The molecule has 0 aliphatic carbocycles. The van der Waals surface area contributed by atoms with E-state index in [0.29, 0.717) is 0 Å². The van der Waals surface area contributed by atoms with Crippen LogP contribution in [0.5, 0.6) is 0 Å². The smallest absolute Gasteiger partial charge is 0.0654 e. The van der Waals surface area contributed by atoms with Gasteiger partial charge in [-0.2, -0.15) is 0 Å². The first kappa shape index (κ1) is 22.5. The van der Waals surface area contributed by atoms with Crippen LogP contribution in [-0.2, 0) is 0 Å². The van der Waals surface area contributed by atoms with Crippen LogP contribution in [0.2, 0.25) is 0 Å². The molecular formula is C4H16N4NaO2. The summed E-state index contributed by atoms with van der Waals surface area (Å²) >= 11 is 0. The number of hydrazine groups is 1. The monoisotopic (exact) mass is 175 g/mol. The van der Waals surface area contributed by atoms with Gasteiger partial charge in [0.1, 0.15) is 0 Å². The molecule has 0 aromatic rings. The fourth-order valence-electron chi connectivity index (χ4n) is 0.250. The third kappa shape index (κ3) is 65.5. The normalized spacial score (nSPS) is 5.73. The predicted octanol–water partition coefficient (Wildman–Crippen LogP) is -1.46. The van der Waals surface area contributed by atoms with Crippen LogP contribution in [0.15, 0.2) is 5.29 Å². The molecule has 65 valence electrons. The summed E-state index contributed by atoms with van der Waals surface area (Å²) in [4.78, 5) is 8.69. The summed E-state index contributed by atoms with van der Waals surface area (Å²) in [7, 11) is 0. The molecule has 0 fully saturated rings. The van der Waals surface area contributed by atoms with Gasteiger partial charge in [0.15, 0.2) is 0 Å². The Balaban J connectivity index is -0.0000000383. The minimum Gasteiger partial charge on any atom is -0.412 e. The molecule has 6 N–H and O–H groups in total. The van der Waals surface area contributed by atoms with Crippen molar-refractivity contribution in [1.82, 2.24) is 10.9 Å². The minimum atomic E-state index is 0. The molecule has 0 heterocycles. The Hall–Kier alpha value is 0.280. The second-order valence-electron chi connectivity index (χ2n) is 1.18. The summed E-state index contributed by atoms with van der Waals surface area (Å²) in [5.74, 6) is 4.30. The number of hydrogen-bond donors (Lipinski definition) is 3. The van der Waals surface area contributed by atoms with Crippen LogP contribution in [-0.4, -0.2) is 48.1 Å². The molecular weight excluding hydrogens is 159 g/mol. The van der Waals surface area contributed by atoms with Gasteiger partial charge in [-0.25, -0.2) is 11.4 Å². The van der Waals surface area contributed by atoms with E-state index in [2.05, 4.69) is 25.0 Å². The zero-order chi connectivity index (χ0) is 7.54. The van der Waals surface area contributed by atoms with E-state index >= 15 is 0 Å². The van der Waals surface area contributed by atoms with E-state index in [4.69, 9.17) is 4.91 Å². The number of nitrogens with zero attached hydrogens (tertiary/aromatic N) is 1. The maximum Gasteiger partial charge on any atom is 0.0654 e. The van der Waals surface area contributed by atoms with Gasteiger partial charge in [0.2, 0.25) is 0 Å². The molecule has 0 aliphatic rings. The van der Waals surface area contributed by atoms with E-state index < -0.39 is 0 Å². The molecule has 0 unspecified atom stereocenters. The quantitative estimate of drug-likeness (QED) is 0.211. The summed E-state index contributed by atoms with van der Waals surface area (Å²) in [5, 5.41) is 5.12. The van der Waals surface area contributed by atoms with Gasteiger partial charge in [0, 0.05) is 29.6 Å². The van der Waals surface area contributed by atoms with Crippen LogP contribution in [0.4, 0.5) is 0 Å². The van der Waals surface area contributed by atoms with E-state index in [9.17, 15) is 0 Å². The van der Waals surface area contributed by atoms with Crippen LogP contribution >= 0.6 is 0 Å². The Labute approximate surface area is 88.8 Å². The van der Waals surface area contributed by atoms with E-state index in [1.807, 2.05) is 5.29 Å². The third-order valence-corrected chi connectivity index (χ3v) is 0.553. The van der Waals surface area contributed by atoms with Gasteiger partial charge in [-0.3, -0.25) is 0 Å². The third-order valence-electron chi connectivity index (χ3n) is 0.553. The van der Waals surface area contributed by atoms with E-state index in [-0.39, 0.29) is 35.0 Å². The first-order chi connectivity index (χ1) is 4.33. The van der Waals surface area contributed by atoms with Crippen molar-refractivity contribution in [3.05, 3.63) is 4.91 Å². The second kappa shape index (κ2) is 31.8. The second-order valence-corrected chi connectivity index (χ2v) is 1.18. The van der Waals surface area contributed by atoms with Crippen molar-refractivity contribution in [3.63, 3.8) is 0 Å². The molecule has 1 radical (unpaired) electrons. The molecule has 0 saturated carbocycles. The van der Waals surface area contributed by atoms with Gasteiger partial charge in [0.05, 0.1) is 5.29 Å². The van der Waals surface area contributed by atoms with Gasteiger partial charge < -0.3 is 10.8 Å². The minimum absolute atomic E-state index is 0. The molecule has 0 atom stereocenters. The summed E-state index contributed by atoms with van der Waals surface area (Å²) in [6.45, 7) is 6.39. The summed E-state index contributed by atoms with van der Waals surface area (Å²) < 4.78 is 0. The number of hydrogen-bond acceptors (Lipinski definition) is 4. The van der Waals surface area contributed by atoms with Crippen LogP contribution in [0.3, 0.4) is 0 Å². The summed E-state index contributed by atoms with van der Waals surface area (Å²) in [5.41, 5.74) is 1.50. The van der Waals surface area contributed by atoms with Crippen molar-refractivity contribution in [2.75, 3.05) is 13.1 Å². The summed E-state index contributed by atoms with van der Waals surface area (Å²) in [6, 6.07) is 0. The molecule has 0 spiro atoms. The van der Waals surface area contributed by atoms with E-state index in [1.54, 1.807) is 0 Å². The van der Waals surface area contributed by atoms with E-state index in [1.165, 1.54) is 5.53 Å². The average Bonchev–Trinajstić information content (AvgIpc) is 1.91. The Morgan fingerprint density at radius 3 is 1.64 bits per heavy atom. The maximum absolute atomic E-state index is 8.69.